The van der Waals surface area contributed by atoms with Gasteiger partial charge in [0.15, 0.2) is 0 Å². The van der Waals surface area contributed by atoms with Gasteiger partial charge in [0, 0.05) is 17.3 Å². The molecule has 0 saturated heterocycles. The van der Waals surface area contributed by atoms with Gasteiger partial charge in [0.05, 0.1) is 5.56 Å². The summed E-state index contributed by atoms with van der Waals surface area (Å²) in [6.45, 7) is 0.696. The highest BCUT2D eigenvalue weighted by Crippen LogP contribution is 2.29. The Bertz CT molecular complexity index is 593. The zero-order chi connectivity index (χ0) is 13.2. The molecule has 2 unspecified atom stereocenters. The lowest BCUT2D eigenvalue weighted by atomic mass is 10.1. The maximum Gasteiger partial charge on any atom is 0.255 e. The van der Waals surface area contributed by atoms with E-state index in [1.165, 1.54) is 6.26 Å². The van der Waals surface area contributed by atoms with Crippen LogP contribution in [0.25, 0.3) is 11.0 Å². The molecule has 3 rings (SSSR count). The maximum absolute atomic E-state index is 12.2. The quantitative estimate of drug-likeness (QED) is 0.872. The Morgan fingerprint density at radius 2 is 2.21 bits per heavy atom. The van der Waals surface area contributed by atoms with Gasteiger partial charge in [-0.2, -0.15) is 0 Å². The van der Waals surface area contributed by atoms with Crippen molar-refractivity contribution in [2.75, 3.05) is 6.54 Å². The van der Waals surface area contributed by atoms with Crippen LogP contribution in [0.4, 0.5) is 0 Å². The molecule has 1 saturated carbocycles. The molecule has 2 aromatic rings. The summed E-state index contributed by atoms with van der Waals surface area (Å²) in [4.78, 5) is 12.2. The van der Waals surface area contributed by atoms with E-state index in [9.17, 15) is 4.79 Å². The standard InChI is InChI=1S/C15H16ClNO2/c16-11-6-5-10(7-11)8-17-15(18)13-9-19-14-4-2-1-3-12(13)14/h1-4,9-11H,5-8H2,(H,17,18). The molecule has 2 atom stereocenters. The van der Waals surface area contributed by atoms with Crippen LogP contribution >= 0.6 is 11.6 Å². The summed E-state index contributed by atoms with van der Waals surface area (Å²) in [5, 5.41) is 4.12. The van der Waals surface area contributed by atoms with Crippen LogP contribution in [-0.2, 0) is 0 Å². The van der Waals surface area contributed by atoms with E-state index in [2.05, 4.69) is 5.32 Å². The number of hydrogen-bond donors (Lipinski definition) is 1. The number of carbonyl (C=O) groups excluding carboxylic acids is 1. The van der Waals surface area contributed by atoms with Crippen molar-refractivity contribution >= 4 is 28.5 Å². The Kier molecular flexibility index (Phi) is 3.47. The number of rotatable bonds is 3. The number of carbonyl (C=O) groups is 1. The summed E-state index contributed by atoms with van der Waals surface area (Å²) in [7, 11) is 0. The molecule has 4 heteroatoms. The predicted octanol–water partition coefficient (Wildman–Crippen LogP) is 3.57. The topological polar surface area (TPSA) is 42.2 Å². The first-order chi connectivity index (χ1) is 9.24. The van der Waals surface area contributed by atoms with Gasteiger partial charge < -0.3 is 9.73 Å². The van der Waals surface area contributed by atoms with Crippen molar-refractivity contribution in [1.29, 1.82) is 0 Å². The highest BCUT2D eigenvalue weighted by Gasteiger charge is 2.23. The molecule has 0 radical (unpaired) electrons. The number of amides is 1. The molecule has 1 N–H and O–H groups in total. The number of furan rings is 1. The van der Waals surface area contributed by atoms with Gasteiger partial charge in [-0.15, -0.1) is 11.6 Å². The van der Waals surface area contributed by atoms with Gasteiger partial charge in [0.2, 0.25) is 0 Å². The molecule has 1 amide bonds. The largest absolute Gasteiger partial charge is 0.463 e. The molecule has 3 nitrogen and oxygen atoms in total. The van der Waals surface area contributed by atoms with Crippen LogP contribution in [-0.4, -0.2) is 17.8 Å². The van der Waals surface area contributed by atoms with E-state index in [0.717, 1.165) is 30.2 Å². The first-order valence-electron chi connectivity index (χ1n) is 6.62. The van der Waals surface area contributed by atoms with Crippen LogP contribution in [0.2, 0.25) is 0 Å². The summed E-state index contributed by atoms with van der Waals surface area (Å²) in [6.07, 6.45) is 4.67. The molecule has 1 heterocycles. The number of halogens is 1. The van der Waals surface area contributed by atoms with Crippen molar-refractivity contribution in [2.24, 2.45) is 5.92 Å². The second-order valence-corrected chi connectivity index (χ2v) is 5.75. The zero-order valence-corrected chi connectivity index (χ0v) is 11.3. The molecule has 0 aliphatic heterocycles. The molecule has 1 aliphatic carbocycles. The average Bonchev–Trinajstić information content (AvgIpc) is 3.02. The number of benzene rings is 1. The molecule has 0 bridgehead atoms. The van der Waals surface area contributed by atoms with E-state index >= 15 is 0 Å². The van der Waals surface area contributed by atoms with Gasteiger partial charge in [0.1, 0.15) is 11.8 Å². The second kappa shape index (κ2) is 5.25. The number of hydrogen-bond acceptors (Lipinski definition) is 2. The minimum Gasteiger partial charge on any atom is -0.463 e. The third kappa shape index (κ3) is 2.61. The van der Waals surface area contributed by atoms with Gasteiger partial charge in [-0.3, -0.25) is 4.79 Å². The van der Waals surface area contributed by atoms with Gasteiger partial charge in [-0.25, -0.2) is 0 Å². The lowest BCUT2D eigenvalue weighted by Gasteiger charge is -2.10. The van der Waals surface area contributed by atoms with Gasteiger partial charge in [-0.05, 0) is 31.2 Å². The number of para-hydroxylation sites is 1. The molecular formula is C15H16ClNO2. The average molecular weight is 278 g/mol. The number of alkyl halides is 1. The molecule has 1 aliphatic rings. The molecule has 19 heavy (non-hydrogen) atoms. The minimum atomic E-state index is -0.0667. The summed E-state index contributed by atoms with van der Waals surface area (Å²) >= 11 is 6.07. The van der Waals surface area contributed by atoms with Crippen LogP contribution in [0.5, 0.6) is 0 Å². The van der Waals surface area contributed by atoms with Gasteiger partial charge in [0.25, 0.3) is 5.91 Å². The Balaban J connectivity index is 1.67. The zero-order valence-electron chi connectivity index (χ0n) is 10.6. The smallest absolute Gasteiger partial charge is 0.255 e. The van der Waals surface area contributed by atoms with E-state index in [-0.39, 0.29) is 11.3 Å². The fraction of sp³-hybridized carbons (Fsp3) is 0.400. The molecule has 100 valence electrons. The first-order valence-corrected chi connectivity index (χ1v) is 7.06. The Hall–Kier alpha value is -1.48. The molecule has 1 aromatic heterocycles. The lowest BCUT2D eigenvalue weighted by molar-refractivity contribution is 0.0948. The first kappa shape index (κ1) is 12.5. The van der Waals surface area contributed by atoms with Crippen LogP contribution < -0.4 is 5.32 Å². The van der Waals surface area contributed by atoms with Gasteiger partial charge in [-0.1, -0.05) is 18.2 Å². The Morgan fingerprint density at radius 1 is 1.37 bits per heavy atom. The minimum absolute atomic E-state index is 0.0667. The second-order valence-electron chi connectivity index (χ2n) is 5.13. The highest BCUT2D eigenvalue weighted by atomic mass is 35.5. The SMILES string of the molecule is O=C(NCC1CCC(Cl)C1)c1coc2ccccc12. The third-order valence-corrected chi connectivity index (χ3v) is 4.15. The number of nitrogens with one attached hydrogen (secondary N) is 1. The van der Waals surface area contributed by atoms with Crippen molar-refractivity contribution in [3.63, 3.8) is 0 Å². The summed E-state index contributed by atoms with van der Waals surface area (Å²) in [5.41, 5.74) is 1.35. The maximum atomic E-state index is 12.2. The van der Waals surface area contributed by atoms with Gasteiger partial charge >= 0.3 is 0 Å². The normalized spacial score (nSPS) is 22.8. The van der Waals surface area contributed by atoms with Crippen molar-refractivity contribution in [1.82, 2.24) is 5.32 Å². The van der Waals surface area contributed by atoms with E-state index in [0.29, 0.717) is 18.0 Å². The monoisotopic (exact) mass is 277 g/mol. The van der Waals surface area contributed by atoms with Crippen LogP contribution in [0, 0.1) is 5.92 Å². The van der Waals surface area contributed by atoms with Crippen molar-refractivity contribution < 1.29 is 9.21 Å². The van der Waals surface area contributed by atoms with Crippen molar-refractivity contribution in [3.8, 4) is 0 Å². The summed E-state index contributed by atoms with van der Waals surface area (Å²) < 4.78 is 5.38. The van der Waals surface area contributed by atoms with Crippen LogP contribution in [0.1, 0.15) is 29.6 Å². The van der Waals surface area contributed by atoms with E-state index in [1.54, 1.807) is 0 Å². The van der Waals surface area contributed by atoms with Crippen molar-refractivity contribution in [2.45, 2.75) is 24.6 Å². The van der Waals surface area contributed by atoms with Crippen LogP contribution in [0.15, 0.2) is 34.9 Å². The number of fused-ring (bicyclic) bond motifs is 1. The molecule has 1 aromatic carbocycles. The Morgan fingerprint density at radius 3 is 3.00 bits per heavy atom. The summed E-state index contributed by atoms with van der Waals surface area (Å²) in [5.74, 6) is 0.438. The fourth-order valence-electron chi connectivity index (χ4n) is 2.69. The predicted molar refractivity (Wildman–Crippen MR) is 75.5 cm³/mol. The third-order valence-electron chi connectivity index (χ3n) is 3.75. The lowest BCUT2D eigenvalue weighted by Crippen LogP contribution is -2.28. The summed E-state index contributed by atoms with van der Waals surface area (Å²) in [6, 6.07) is 7.57. The van der Waals surface area contributed by atoms with E-state index in [4.69, 9.17) is 16.0 Å². The molecule has 1 fully saturated rings. The molecular weight excluding hydrogens is 262 g/mol. The highest BCUT2D eigenvalue weighted by molar-refractivity contribution is 6.20. The van der Waals surface area contributed by atoms with E-state index in [1.807, 2.05) is 24.3 Å². The Labute approximate surface area is 116 Å². The van der Waals surface area contributed by atoms with E-state index < -0.39 is 0 Å². The molecule has 0 spiro atoms. The fourth-order valence-corrected chi connectivity index (χ4v) is 3.06. The van der Waals surface area contributed by atoms with Crippen molar-refractivity contribution in [3.05, 3.63) is 36.1 Å². The van der Waals surface area contributed by atoms with Crippen LogP contribution in [0.3, 0.4) is 0 Å².